The lowest BCUT2D eigenvalue weighted by Gasteiger charge is -2.30. The average Bonchev–Trinajstić information content (AvgIpc) is 2.86. The molecule has 2 heteroatoms. The second kappa shape index (κ2) is 8.65. The van der Waals surface area contributed by atoms with Gasteiger partial charge in [0.1, 0.15) is 5.82 Å². The van der Waals surface area contributed by atoms with Crippen molar-refractivity contribution in [3.8, 4) is 11.1 Å². The van der Waals surface area contributed by atoms with Crippen molar-refractivity contribution in [2.45, 2.75) is 65.7 Å². The van der Waals surface area contributed by atoms with E-state index >= 15 is 0 Å². The quantitative estimate of drug-likeness (QED) is 0.410. The number of benzene rings is 2. The average molecular weight is 428 g/mol. The van der Waals surface area contributed by atoms with Crippen LogP contribution >= 0.6 is 0 Å². The highest BCUT2D eigenvalue weighted by Gasteiger charge is 2.35. The summed E-state index contributed by atoms with van der Waals surface area (Å²) in [6.45, 7) is 13.4. The summed E-state index contributed by atoms with van der Waals surface area (Å²) >= 11 is 0. The molecule has 2 aromatic carbocycles. The second-order valence-corrected chi connectivity index (χ2v) is 10.2. The summed E-state index contributed by atoms with van der Waals surface area (Å²) in [6, 6.07) is 15.8. The Labute approximate surface area is 192 Å². The van der Waals surface area contributed by atoms with Crippen LogP contribution in [0.1, 0.15) is 81.1 Å². The molecule has 0 atom stereocenters. The van der Waals surface area contributed by atoms with E-state index in [0.717, 1.165) is 29.8 Å². The third-order valence-electron chi connectivity index (χ3n) is 6.62. The normalized spacial score (nSPS) is 15.2. The first-order valence-electron chi connectivity index (χ1n) is 11.8. The van der Waals surface area contributed by atoms with Crippen molar-refractivity contribution in [2.75, 3.05) is 0 Å². The maximum absolute atomic E-state index is 13.8. The van der Waals surface area contributed by atoms with Crippen LogP contribution in [0.25, 0.3) is 17.2 Å². The van der Waals surface area contributed by atoms with Crippen LogP contribution in [-0.2, 0) is 18.3 Å². The van der Waals surface area contributed by atoms with Crippen molar-refractivity contribution in [3.05, 3.63) is 94.1 Å². The second-order valence-electron chi connectivity index (χ2n) is 10.2. The molecule has 1 aromatic heterocycles. The monoisotopic (exact) mass is 427 g/mol. The Hall–Kier alpha value is -2.74. The van der Waals surface area contributed by atoms with Crippen molar-refractivity contribution < 1.29 is 4.39 Å². The van der Waals surface area contributed by atoms with Gasteiger partial charge < -0.3 is 0 Å². The summed E-state index contributed by atoms with van der Waals surface area (Å²) < 4.78 is 13.8. The molecule has 32 heavy (non-hydrogen) atoms. The fourth-order valence-electron chi connectivity index (χ4n) is 5.00. The van der Waals surface area contributed by atoms with Gasteiger partial charge in [-0.2, -0.15) is 0 Å². The van der Waals surface area contributed by atoms with E-state index in [-0.39, 0.29) is 17.2 Å². The van der Waals surface area contributed by atoms with Gasteiger partial charge in [-0.1, -0.05) is 90.1 Å². The van der Waals surface area contributed by atoms with Gasteiger partial charge in [-0.25, -0.2) is 4.39 Å². The number of pyridine rings is 1. The van der Waals surface area contributed by atoms with Crippen molar-refractivity contribution >= 4 is 6.08 Å². The van der Waals surface area contributed by atoms with Crippen LogP contribution in [0.15, 0.2) is 54.6 Å². The third-order valence-corrected chi connectivity index (χ3v) is 6.62. The highest BCUT2D eigenvalue weighted by molar-refractivity contribution is 5.81. The summed E-state index contributed by atoms with van der Waals surface area (Å²) in [7, 11) is 0. The summed E-state index contributed by atoms with van der Waals surface area (Å²) in [5, 5.41) is 0. The number of hydrogen-bond acceptors (Lipinski definition) is 1. The smallest absolute Gasteiger partial charge is 0.123 e. The highest BCUT2D eigenvalue weighted by atomic mass is 19.1. The van der Waals surface area contributed by atoms with Crippen LogP contribution in [0.5, 0.6) is 0 Å². The molecule has 3 aromatic rings. The molecule has 0 saturated carbocycles. The zero-order valence-corrected chi connectivity index (χ0v) is 20.2. The number of hydrogen-bond donors (Lipinski definition) is 0. The minimum Gasteiger partial charge on any atom is -0.256 e. The molecule has 1 aliphatic rings. The third kappa shape index (κ3) is 4.03. The van der Waals surface area contributed by atoms with E-state index in [2.05, 4.69) is 78.0 Å². The van der Waals surface area contributed by atoms with Gasteiger partial charge >= 0.3 is 0 Å². The summed E-state index contributed by atoms with van der Waals surface area (Å²) in [6.07, 6.45) is 6.41. The summed E-state index contributed by atoms with van der Waals surface area (Å²) in [4.78, 5) is 5.38. The molecule has 0 spiro atoms. The Morgan fingerprint density at radius 3 is 2.28 bits per heavy atom. The molecule has 0 saturated heterocycles. The van der Waals surface area contributed by atoms with Crippen molar-refractivity contribution in [3.63, 3.8) is 0 Å². The zero-order valence-electron chi connectivity index (χ0n) is 20.2. The fourth-order valence-corrected chi connectivity index (χ4v) is 5.00. The fraction of sp³-hybridized carbons (Fsp3) is 0.367. The lowest BCUT2D eigenvalue weighted by molar-refractivity contribution is 0.604. The van der Waals surface area contributed by atoms with E-state index in [4.69, 9.17) is 4.98 Å². The molecule has 0 radical (unpaired) electrons. The van der Waals surface area contributed by atoms with Crippen molar-refractivity contribution in [1.29, 1.82) is 0 Å². The van der Waals surface area contributed by atoms with Crippen LogP contribution in [-0.4, -0.2) is 4.98 Å². The van der Waals surface area contributed by atoms with Crippen LogP contribution in [0.3, 0.4) is 0 Å². The van der Waals surface area contributed by atoms with Gasteiger partial charge in [-0.3, -0.25) is 4.98 Å². The topological polar surface area (TPSA) is 12.9 Å². The van der Waals surface area contributed by atoms with Gasteiger partial charge in [0, 0.05) is 11.0 Å². The molecular formula is C30H34FN. The SMILES string of the molecule is CC(C)/C=C/c1c(C(C)C)nc2c(c1-c1ccc(F)cc1)CCc1ccccc1C2(C)C. The molecule has 0 bridgehead atoms. The predicted molar refractivity (Wildman–Crippen MR) is 134 cm³/mol. The first-order chi connectivity index (χ1) is 15.2. The lowest BCUT2D eigenvalue weighted by atomic mass is 9.76. The molecular weight excluding hydrogens is 393 g/mol. The lowest BCUT2D eigenvalue weighted by Crippen LogP contribution is -2.24. The van der Waals surface area contributed by atoms with E-state index < -0.39 is 0 Å². The minimum absolute atomic E-state index is 0.204. The number of fused-ring (bicyclic) bond motifs is 2. The van der Waals surface area contributed by atoms with Gasteiger partial charge in [0.25, 0.3) is 0 Å². The van der Waals surface area contributed by atoms with Crippen LogP contribution < -0.4 is 0 Å². The molecule has 0 unspecified atom stereocenters. The van der Waals surface area contributed by atoms with E-state index in [9.17, 15) is 4.39 Å². The molecule has 4 rings (SSSR count). The standard InChI is InChI=1S/C30H34FN/c1-19(2)11-17-24-27(22-12-15-23(31)16-13-22)25-18-14-21-9-7-8-10-26(21)30(5,6)29(25)32-28(24)20(3)4/h7-13,15-17,19-20H,14,18H2,1-6H3/b17-11+. The van der Waals surface area contributed by atoms with Crippen LogP contribution in [0.2, 0.25) is 0 Å². The minimum atomic E-state index is -0.207. The van der Waals surface area contributed by atoms with Gasteiger partial charge in [0.15, 0.2) is 0 Å². The van der Waals surface area contributed by atoms with Gasteiger partial charge in [-0.15, -0.1) is 0 Å². The molecule has 0 fully saturated rings. The van der Waals surface area contributed by atoms with Gasteiger partial charge in [0.05, 0.1) is 11.4 Å². The maximum atomic E-state index is 13.8. The van der Waals surface area contributed by atoms with E-state index in [0.29, 0.717) is 5.92 Å². The van der Waals surface area contributed by atoms with Crippen LogP contribution in [0.4, 0.5) is 4.39 Å². The zero-order chi connectivity index (χ0) is 23.0. The largest absolute Gasteiger partial charge is 0.256 e. The van der Waals surface area contributed by atoms with Crippen molar-refractivity contribution in [1.82, 2.24) is 4.98 Å². The molecule has 1 nitrogen and oxygen atoms in total. The maximum Gasteiger partial charge on any atom is 0.123 e. The van der Waals surface area contributed by atoms with Crippen molar-refractivity contribution in [2.24, 2.45) is 5.92 Å². The Kier molecular flexibility index (Phi) is 6.07. The van der Waals surface area contributed by atoms with E-state index in [1.165, 1.54) is 27.8 Å². The highest BCUT2D eigenvalue weighted by Crippen LogP contribution is 2.44. The number of halogens is 1. The molecule has 166 valence electrons. The summed E-state index contributed by atoms with van der Waals surface area (Å²) in [5.41, 5.74) is 9.59. The molecule has 0 N–H and O–H groups in total. The summed E-state index contributed by atoms with van der Waals surface area (Å²) in [5.74, 6) is 0.515. The molecule has 1 heterocycles. The Bertz CT molecular complexity index is 1150. The number of nitrogens with zero attached hydrogens (tertiary/aromatic N) is 1. The van der Waals surface area contributed by atoms with Crippen LogP contribution in [0, 0.1) is 11.7 Å². The molecule has 1 aliphatic carbocycles. The number of rotatable bonds is 4. The van der Waals surface area contributed by atoms with E-state index in [1.54, 1.807) is 12.1 Å². The number of allylic oxidation sites excluding steroid dienone is 1. The van der Waals surface area contributed by atoms with E-state index in [1.807, 2.05) is 12.1 Å². The van der Waals surface area contributed by atoms with Gasteiger partial charge in [0.2, 0.25) is 0 Å². The Morgan fingerprint density at radius 1 is 0.938 bits per heavy atom. The predicted octanol–water partition coefficient (Wildman–Crippen LogP) is 8.10. The first kappa shape index (κ1) is 22.5. The first-order valence-corrected chi connectivity index (χ1v) is 11.8. The van der Waals surface area contributed by atoms with Gasteiger partial charge in [-0.05, 0) is 64.6 Å². The molecule has 0 amide bonds. The number of aromatic nitrogens is 1. The number of aryl methyl sites for hydroxylation is 1. The Morgan fingerprint density at radius 2 is 1.62 bits per heavy atom. The molecule has 0 aliphatic heterocycles. The Balaban J connectivity index is 2.10.